The summed E-state index contributed by atoms with van der Waals surface area (Å²) in [6.07, 6.45) is 0. The van der Waals surface area contributed by atoms with E-state index in [0.29, 0.717) is 11.8 Å². The fourth-order valence-corrected chi connectivity index (χ4v) is 2.99. The van der Waals surface area contributed by atoms with E-state index in [0.717, 1.165) is 13.1 Å². The number of hydrogen-bond acceptors (Lipinski definition) is 3. The number of carbonyl (C=O) groups is 2. The van der Waals surface area contributed by atoms with E-state index >= 15 is 0 Å². The molecule has 1 amide bonds. The number of carboxylic acids is 1. The van der Waals surface area contributed by atoms with Crippen LogP contribution in [0.5, 0.6) is 0 Å². The predicted octanol–water partition coefficient (Wildman–Crippen LogP) is 2.97. The lowest BCUT2D eigenvalue weighted by Gasteiger charge is -2.27. The number of rotatable bonds is 9. The van der Waals surface area contributed by atoms with E-state index in [1.807, 2.05) is 18.7 Å². The van der Waals surface area contributed by atoms with Gasteiger partial charge in [-0.15, -0.1) is 11.8 Å². The minimum absolute atomic E-state index is 0.0222. The van der Waals surface area contributed by atoms with Gasteiger partial charge in [-0.1, -0.05) is 41.5 Å². The molecule has 0 rings (SSSR count). The van der Waals surface area contributed by atoms with Gasteiger partial charge in [0, 0.05) is 13.1 Å². The Hall–Kier alpha value is -0.710. The first kappa shape index (κ1) is 19.3. The summed E-state index contributed by atoms with van der Waals surface area (Å²) in [6, 6.07) is 0. The van der Waals surface area contributed by atoms with Gasteiger partial charge in [0.25, 0.3) is 0 Å². The van der Waals surface area contributed by atoms with Gasteiger partial charge < -0.3 is 10.0 Å². The Morgan fingerprint density at radius 2 is 1.45 bits per heavy atom. The molecule has 0 aliphatic heterocycles. The van der Waals surface area contributed by atoms with Crippen LogP contribution in [0, 0.1) is 17.8 Å². The van der Waals surface area contributed by atoms with Crippen molar-refractivity contribution < 1.29 is 14.7 Å². The van der Waals surface area contributed by atoms with Crippen molar-refractivity contribution in [2.24, 2.45) is 17.8 Å². The molecular weight excluding hydrogens is 274 g/mol. The van der Waals surface area contributed by atoms with Gasteiger partial charge in [-0.05, 0) is 17.8 Å². The summed E-state index contributed by atoms with van der Waals surface area (Å²) in [5, 5.41) is 8.63. The van der Waals surface area contributed by atoms with Crippen molar-refractivity contribution in [3.63, 3.8) is 0 Å². The van der Waals surface area contributed by atoms with Crippen LogP contribution in [0.2, 0.25) is 0 Å². The van der Waals surface area contributed by atoms with Gasteiger partial charge in [-0.25, -0.2) is 0 Å². The molecule has 0 fully saturated rings. The van der Waals surface area contributed by atoms with Gasteiger partial charge in [-0.3, -0.25) is 9.59 Å². The average Bonchev–Trinajstić information content (AvgIpc) is 2.25. The predicted molar refractivity (Wildman–Crippen MR) is 85.0 cm³/mol. The number of amides is 1. The molecule has 0 spiro atoms. The van der Waals surface area contributed by atoms with Gasteiger partial charge in [0.1, 0.15) is 5.25 Å². The van der Waals surface area contributed by atoms with Crippen LogP contribution in [0.15, 0.2) is 0 Å². The van der Waals surface area contributed by atoms with E-state index in [1.165, 1.54) is 11.8 Å². The highest BCUT2D eigenvalue weighted by Gasteiger charge is 2.24. The Morgan fingerprint density at radius 1 is 1.00 bits per heavy atom. The lowest BCUT2D eigenvalue weighted by Crippen LogP contribution is -2.39. The molecule has 0 aliphatic rings. The van der Waals surface area contributed by atoms with Crippen LogP contribution in [-0.2, 0) is 9.59 Å². The molecule has 0 saturated carbocycles. The van der Waals surface area contributed by atoms with Crippen LogP contribution >= 0.6 is 11.8 Å². The van der Waals surface area contributed by atoms with Crippen molar-refractivity contribution in [2.75, 3.05) is 18.8 Å². The van der Waals surface area contributed by atoms with Crippen molar-refractivity contribution in [2.45, 2.75) is 46.8 Å². The summed E-state index contributed by atoms with van der Waals surface area (Å²) in [5.41, 5.74) is 0. The molecule has 1 N–H and O–H groups in total. The summed E-state index contributed by atoms with van der Waals surface area (Å²) in [6.45, 7) is 13.5. The number of nitrogens with zero attached hydrogens (tertiary/aromatic N) is 1. The van der Waals surface area contributed by atoms with Crippen LogP contribution in [0.1, 0.15) is 41.5 Å². The van der Waals surface area contributed by atoms with E-state index in [4.69, 9.17) is 5.11 Å². The Morgan fingerprint density at radius 3 is 1.75 bits per heavy atom. The van der Waals surface area contributed by atoms with Crippen molar-refractivity contribution in [3.8, 4) is 0 Å². The largest absolute Gasteiger partial charge is 0.480 e. The van der Waals surface area contributed by atoms with Crippen LogP contribution in [0.4, 0.5) is 0 Å². The molecule has 0 aliphatic carbocycles. The molecule has 0 radical (unpaired) electrons. The summed E-state index contributed by atoms with van der Waals surface area (Å²) in [4.78, 5) is 25.3. The van der Waals surface area contributed by atoms with Crippen LogP contribution in [0.25, 0.3) is 0 Å². The smallest absolute Gasteiger partial charge is 0.316 e. The van der Waals surface area contributed by atoms with Gasteiger partial charge in [0.2, 0.25) is 5.91 Å². The van der Waals surface area contributed by atoms with Gasteiger partial charge in [0.05, 0.1) is 5.75 Å². The normalized spacial score (nSPS) is 13.1. The van der Waals surface area contributed by atoms with Gasteiger partial charge in [-0.2, -0.15) is 0 Å². The third-order valence-corrected chi connectivity index (χ3v) is 4.28. The molecule has 0 aromatic carbocycles. The highest BCUT2D eigenvalue weighted by Crippen LogP contribution is 2.20. The molecule has 20 heavy (non-hydrogen) atoms. The number of aliphatic carboxylic acids is 1. The zero-order chi connectivity index (χ0) is 15.9. The Kier molecular flexibility index (Phi) is 8.94. The lowest BCUT2D eigenvalue weighted by atomic mass is 10.1. The fourth-order valence-electron chi connectivity index (χ4n) is 1.96. The second kappa shape index (κ2) is 9.27. The molecule has 0 aromatic heterocycles. The Balaban J connectivity index is 4.55. The maximum absolute atomic E-state index is 12.3. The van der Waals surface area contributed by atoms with E-state index in [2.05, 4.69) is 27.7 Å². The van der Waals surface area contributed by atoms with Crippen molar-refractivity contribution in [3.05, 3.63) is 0 Å². The quantitative estimate of drug-likeness (QED) is 0.711. The first-order valence-corrected chi connectivity index (χ1v) is 8.32. The maximum atomic E-state index is 12.3. The van der Waals surface area contributed by atoms with Crippen molar-refractivity contribution in [1.82, 2.24) is 4.90 Å². The van der Waals surface area contributed by atoms with E-state index in [-0.39, 0.29) is 17.6 Å². The molecule has 0 heterocycles. The monoisotopic (exact) mass is 303 g/mol. The van der Waals surface area contributed by atoms with Crippen molar-refractivity contribution in [1.29, 1.82) is 0 Å². The molecule has 4 nitrogen and oxygen atoms in total. The minimum Gasteiger partial charge on any atom is -0.480 e. The van der Waals surface area contributed by atoms with Crippen molar-refractivity contribution >= 4 is 23.6 Å². The molecule has 5 heteroatoms. The first-order valence-electron chi connectivity index (χ1n) is 7.27. The SMILES string of the molecule is CC(C)CN(CC(C)C)C(=O)CSC(C(=O)O)C(C)C. The zero-order valence-electron chi connectivity index (χ0n) is 13.5. The van der Waals surface area contributed by atoms with E-state index < -0.39 is 11.2 Å². The number of carbonyl (C=O) groups excluding carboxylic acids is 1. The van der Waals surface area contributed by atoms with Crippen LogP contribution in [-0.4, -0.2) is 46.0 Å². The Labute approximate surface area is 127 Å². The molecule has 1 unspecified atom stereocenters. The van der Waals surface area contributed by atoms with Gasteiger partial charge >= 0.3 is 5.97 Å². The maximum Gasteiger partial charge on any atom is 0.316 e. The second-order valence-corrected chi connectivity index (χ2v) is 7.53. The molecule has 0 bridgehead atoms. The topological polar surface area (TPSA) is 57.6 Å². The number of carboxylic acid groups (broad SMARTS) is 1. The first-order chi connectivity index (χ1) is 9.15. The zero-order valence-corrected chi connectivity index (χ0v) is 14.4. The summed E-state index contributed by atoms with van der Waals surface area (Å²) < 4.78 is 0. The molecule has 1 atom stereocenters. The van der Waals surface area contributed by atoms with Crippen LogP contribution < -0.4 is 0 Å². The standard InChI is InChI=1S/C15H29NO3S/c1-10(2)7-16(8-11(3)4)13(17)9-20-14(12(5)6)15(18)19/h10-12,14H,7-9H2,1-6H3,(H,18,19). The fraction of sp³-hybridized carbons (Fsp3) is 0.867. The molecule has 0 saturated heterocycles. The van der Waals surface area contributed by atoms with E-state index in [1.54, 1.807) is 0 Å². The number of thioether (sulfide) groups is 1. The molecule has 118 valence electrons. The second-order valence-electron chi connectivity index (χ2n) is 6.40. The molecular formula is C15H29NO3S. The third kappa shape index (κ3) is 7.78. The minimum atomic E-state index is -0.836. The summed E-state index contributed by atoms with van der Waals surface area (Å²) in [7, 11) is 0. The average molecular weight is 303 g/mol. The third-order valence-electron chi connectivity index (χ3n) is 2.76. The molecule has 0 aromatic rings. The van der Waals surface area contributed by atoms with Crippen LogP contribution in [0.3, 0.4) is 0 Å². The summed E-state index contributed by atoms with van der Waals surface area (Å²) in [5.74, 6) is 0.315. The highest BCUT2D eigenvalue weighted by atomic mass is 32.2. The number of hydrogen-bond donors (Lipinski definition) is 1. The van der Waals surface area contributed by atoms with E-state index in [9.17, 15) is 9.59 Å². The Bertz CT molecular complexity index is 306. The highest BCUT2D eigenvalue weighted by molar-refractivity contribution is 8.01. The lowest BCUT2D eigenvalue weighted by molar-refractivity contribution is -0.137. The summed E-state index contributed by atoms with van der Waals surface area (Å²) >= 11 is 1.24. The van der Waals surface area contributed by atoms with Gasteiger partial charge in [0.15, 0.2) is 0 Å².